The highest BCUT2D eigenvalue weighted by Gasteiger charge is 2.20. The molecule has 0 bridgehead atoms. The van der Waals surface area contributed by atoms with Crippen LogP contribution in [0.1, 0.15) is 5.56 Å². The minimum atomic E-state index is -1.07. The fraction of sp³-hybridized carbons (Fsp3) is 0.350. The van der Waals surface area contributed by atoms with Crippen LogP contribution >= 0.6 is 12.4 Å². The molecule has 0 saturated carbocycles. The number of fused-ring (bicyclic) bond motifs is 1. The van der Waals surface area contributed by atoms with Gasteiger partial charge in [-0.2, -0.15) is 0 Å². The average Bonchev–Trinajstić information content (AvgIpc) is 3.07. The molecule has 2 heterocycles. The highest BCUT2D eigenvalue weighted by molar-refractivity contribution is 7.99. The summed E-state index contributed by atoms with van der Waals surface area (Å²) in [4.78, 5) is 9.91. The summed E-state index contributed by atoms with van der Waals surface area (Å²) in [5, 5.41) is 0. The topological polar surface area (TPSA) is 45.1 Å². The van der Waals surface area contributed by atoms with Crippen molar-refractivity contribution in [1.82, 2.24) is 4.90 Å². The molecular formula is C20H24ClN3O2S. The van der Waals surface area contributed by atoms with Crippen LogP contribution in [0, 0.1) is 0 Å². The van der Waals surface area contributed by atoms with Gasteiger partial charge in [0.05, 0.1) is 39.7 Å². The standard InChI is InChI=1S/C20H23N3O2S.ClH/c1-25-19-5-3-2-4-18(19)23-12-10-22(11-13-23)9-8-16-6-7-17-20(14-16)26(24)15-21-17;/h2-7,14-15H,8-13H2,1H3;1H. The zero-order valence-electron chi connectivity index (χ0n) is 15.3. The number of hydrogen-bond acceptors (Lipinski definition) is 5. The number of ether oxygens (including phenoxy) is 1. The van der Waals surface area contributed by atoms with E-state index in [-0.39, 0.29) is 12.4 Å². The summed E-state index contributed by atoms with van der Waals surface area (Å²) in [7, 11) is 0.657. The molecule has 1 unspecified atom stereocenters. The molecule has 27 heavy (non-hydrogen) atoms. The fourth-order valence-corrected chi connectivity index (χ4v) is 4.45. The molecule has 5 nitrogen and oxygen atoms in total. The van der Waals surface area contributed by atoms with E-state index in [4.69, 9.17) is 4.74 Å². The first-order valence-corrected chi connectivity index (χ1v) is 10.1. The molecule has 1 atom stereocenters. The van der Waals surface area contributed by atoms with Gasteiger partial charge in [0.2, 0.25) is 0 Å². The Balaban J connectivity index is 0.00000210. The third kappa shape index (κ3) is 4.34. The maximum Gasteiger partial charge on any atom is 0.142 e. The molecule has 2 aromatic rings. The fourth-order valence-electron chi connectivity index (χ4n) is 3.53. The molecule has 0 N–H and O–H groups in total. The molecule has 2 aliphatic rings. The Morgan fingerprint density at radius 3 is 2.67 bits per heavy atom. The van der Waals surface area contributed by atoms with Crippen molar-refractivity contribution in [3.63, 3.8) is 0 Å². The predicted molar refractivity (Wildman–Crippen MR) is 114 cm³/mol. The lowest BCUT2D eigenvalue weighted by molar-refractivity contribution is 0.260. The second-order valence-corrected chi connectivity index (χ2v) is 7.83. The second kappa shape index (κ2) is 8.87. The lowest BCUT2D eigenvalue weighted by atomic mass is 10.1. The van der Waals surface area contributed by atoms with Gasteiger partial charge in [0, 0.05) is 32.7 Å². The van der Waals surface area contributed by atoms with Gasteiger partial charge < -0.3 is 9.64 Å². The van der Waals surface area contributed by atoms with E-state index in [1.807, 2.05) is 24.3 Å². The molecule has 0 spiro atoms. The lowest BCUT2D eigenvalue weighted by Gasteiger charge is -2.36. The monoisotopic (exact) mass is 405 g/mol. The van der Waals surface area contributed by atoms with E-state index >= 15 is 0 Å². The zero-order chi connectivity index (χ0) is 17.9. The number of para-hydroxylation sites is 2. The van der Waals surface area contributed by atoms with Crippen molar-refractivity contribution in [3.8, 4) is 5.75 Å². The number of piperazine rings is 1. The predicted octanol–water partition coefficient (Wildman–Crippen LogP) is 3.26. The van der Waals surface area contributed by atoms with E-state index in [0.717, 1.165) is 55.5 Å². The van der Waals surface area contributed by atoms with Crippen molar-refractivity contribution < 1.29 is 8.95 Å². The minimum Gasteiger partial charge on any atom is -0.495 e. The smallest absolute Gasteiger partial charge is 0.142 e. The number of aliphatic imine (C=N–C) groups is 1. The molecule has 0 amide bonds. The number of anilines is 1. The molecule has 2 aromatic carbocycles. The Labute approximate surface area is 168 Å². The number of hydrogen-bond donors (Lipinski definition) is 0. The van der Waals surface area contributed by atoms with Gasteiger partial charge in [0.15, 0.2) is 0 Å². The Hall–Kier alpha value is -1.89. The van der Waals surface area contributed by atoms with Crippen LogP contribution in [-0.4, -0.2) is 54.5 Å². The van der Waals surface area contributed by atoms with E-state index in [9.17, 15) is 4.21 Å². The number of methoxy groups -OCH3 is 1. The summed E-state index contributed by atoms with van der Waals surface area (Å²) in [6.07, 6.45) is 0.971. The summed E-state index contributed by atoms with van der Waals surface area (Å²) in [5.74, 6) is 0.939. The summed E-state index contributed by atoms with van der Waals surface area (Å²) in [6.45, 7) is 5.10. The highest BCUT2D eigenvalue weighted by Crippen LogP contribution is 2.29. The van der Waals surface area contributed by atoms with Gasteiger partial charge in [-0.25, -0.2) is 9.20 Å². The van der Waals surface area contributed by atoms with E-state index in [0.29, 0.717) is 0 Å². The van der Waals surface area contributed by atoms with Crippen LogP contribution in [0.3, 0.4) is 0 Å². The van der Waals surface area contributed by atoms with Crippen LogP contribution in [0.2, 0.25) is 0 Å². The maximum absolute atomic E-state index is 11.9. The molecule has 2 aliphatic heterocycles. The van der Waals surface area contributed by atoms with Crippen molar-refractivity contribution in [2.24, 2.45) is 4.99 Å². The number of halogens is 1. The summed E-state index contributed by atoms with van der Waals surface area (Å²) in [5.41, 5.74) is 4.77. The average molecular weight is 406 g/mol. The Kier molecular flexibility index (Phi) is 6.52. The SMILES string of the molecule is COc1ccccc1N1CCN(CCc2ccc3c(c2)S(=O)C=N3)CC1.Cl. The third-order valence-corrected chi connectivity index (χ3v) is 6.10. The summed E-state index contributed by atoms with van der Waals surface area (Å²) in [6, 6.07) is 14.3. The molecule has 4 rings (SSSR count). The van der Waals surface area contributed by atoms with Gasteiger partial charge in [0.1, 0.15) is 5.75 Å². The number of nitrogens with zero attached hydrogens (tertiary/aromatic N) is 3. The van der Waals surface area contributed by atoms with E-state index in [1.165, 1.54) is 16.8 Å². The summed E-state index contributed by atoms with van der Waals surface area (Å²) >= 11 is 0. The van der Waals surface area contributed by atoms with Gasteiger partial charge in [-0.15, -0.1) is 12.4 Å². The largest absolute Gasteiger partial charge is 0.495 e. The molecule has 1 fully saturated rings. The van der Waals surface area contributed by atoms with Crippen molar-refractivity contribution >= 4 is 40.1 Å². The zero-order valence-corrected chi connectivity index (χ0v) is 17.0. The van der Waals surface area contributed by atoms with Crippen molar-refractivity contribution in [2.45, 2.75) is 11.3 Å². The maximum atomic E-state index is 11.9. The van der Waals surface area contributed by atoms with Gasteiger partial charge in [-0.1, -0.05) is 18.2 Å². The quantitative estimate of drug-likeness (QED) is 0.765. The molecule has 0 aliphatic carbocycles. The van der Waals surface area contributed by atoms with Gasteiger partial charge in [0.25, 0.3) is 0 Å². The van der Waals surface area contributed by atoms with Crippen molar-refractivity contribution in [2.75, 3.05) is 44.7 Å². The minimum absolute atomic E-state index is 0. The van der Waals surface area contributed by atoms with E-state index < -0.39 is 10.8 Å². The molecule has 0 aromatic heterocycles. The van der Waals surface area contributed by atoms with Crippen LogP contribution in [0.25, 0.3) is 0 Å². The Bertz CT molecular complexity index is 851. The Morgan fingerprint density at radius 2 is 1.89 bits per heavy atom. The van der Waals surface area contributed by atoms with Gasteiger partial charge >= 0.3 is 0 Å². The summed E-state index contributed by atoms with van der Waals surface area (Å²) < 4.78 is 17.4. The normalized spacial score (nSPS) is 18.9. The van der Waals surface area contributed by atoms with E-state index in [2.05, 4.69) is 33.0 Å². The highest BCUT2D eigenvalue weighted by atomic mass is 35.5. The molecule has 144 valence electrons. The third-order valence-electron chi connectivity index (χ3n) is 5.04. The second-order valence-electron chi connectivity index (χ2n) is 6.58. The van der Waals surface area contributed by atoms with Crippen molar-refractivity contribution in [3.05, 3.63) is 48.0 Å². The first-order chi connectivity index (χ1) is 12.7. The first-order valence-electron chi connectivity index (χ1n) is 8.92. The van der Waals surface area contributed by atoms with Crippen LogP contribution in [0.15, 0.2) is 52.4 Å². The molecule has 7 heteroatoms. The number of rotatable bonds is 5. The van der Waals surface area contributed by atoms with Gasteiger partial charge in [-0.3, -0.25) is 4.90 Å². The van der Waals surface area contributed by atoms with Crippen LogP contribution in [0.4, 0.5) is 11.4 Å². The number of benzene rings is 2. The molecule has 0 radical (unpaired) electrons. The molecular weight excluding hydrogens is 382 g/mol. The van der Waals surface area contributed by atoms with Gasteiger partial charge in [-0.05, 0) is 36.2 Å². The first kappa shape index (κ1) is 19.9. The lowest BCUT2D eigenvalue weighted by Crippen LogP contribution is -2.47. The van der Waals surface area contributed by atoms with Crippen molar-refractivity contribution in [1.29, 1.82) is 0 Å². The molecule has 1 saturated heterocycles. The van der Waals surface area contributed by atoms with E-state index in [1.54, 1.807) is 7.11 Å². The van der Waals surface area contributed by atoms with Crippen LogP contribution in [0.5, 0.6) is 5.75 Å². The van der Waals surface area contributed by atoms with Crippen LogP contribution < -0.4 is 9.64 Å². The Morgan fingerprint density at radius 1 is 1.11 bits per heavy atom. The van der Waals surface area contributed by atoms with Crippen LogP contribution in [-0.2, 0) is 17.2 Å².